The number of benzene rings is 2. The number of rotatable bonds is 4. The van der Waals surface area contributed by atoms with Crippen LogP contribution in [0.5, 0.6) is 5.75 Å². The Morgan fingerprint density at radius 3 is 2.71 bits per heavy atom. The Bertz CT molecular complexity index is 855. The molecule has 1 fully saturated rings. The summed E-state index contributed by atoms with van der Waals surface area (Å²) < 4.78 is 33.8. The van der Waals surface area contributed by atoms with E-state index in [0.29, 0.717) is 11.4 Å². The van der Waals surface area contributed by atoms with Crippen LogP contribution in [0, 0.1) is 6.92 Å². The summed E-state index contributed by atoms with van der Waals surface area (Å²) in [5.41, 5.74) is 1.88. The lowest BCUT2D eigenvalue weighted by atomic mass is 10.2. The first-order valence-corrected chi connectivity index (χ1v) is 10.8. The summed E-state index contributed by atoms with van der Waals surface area (Å²) in [5.74, 6) is 1.51. The molecule has 4 nitrogen and oxygen atoms in total. The molecule has 0 radical (unpaired) electrons. The average molecular weight is 428 g/mol. The molecule has 2 aromatic carbocycles. The van der Waals surface area contributed by atoms with Crippen molar-refractivity contribution in [1.82, 2.24) is 4.31 Å². The van der Waals surface area contributed by atoms with Crippen LogP contribution in [-0.2, 0) is 10.0 Å². The Morgan fingerprint density at radius 2 is 2.04 bits per heavy atom. The number of methoxy groups -OCH3 is 1. The molecule has 1 heterocycles. The molecule has 0 spiro atoms. The van der Waals surface area contributed by atoms with E-state index in [1.54, 1.807) is 41.4 Å². The second kappa shape index (κ2) is 7.07. The highest BCUT2D eigenvalue weighted by Gasteiger charge is 2.37. The molecule has 1 aliphatic heterocycles. The fourth-order valence-electron chi connectivity index (χ4n) is 2.71. The van der Waals surface area contributed by atoms with Gasteiger partial charge < -0.3 is 4.74 Å². The van der Waals surface area contributed by atoms with Crippen molar-refractivity contribution >= 4 is 37.7 Å². The Kier molecular flexibility index (Phi) is 5.24. The lowest BCUT2D eigenvalue weighted by Gasteiger charge is -2.24. The molecule has 128 valence electrons. The average Bonchev–Trinajstić information content (AvgIpc) is 3.05. The standard InChI is InChI=1S/C17H18BrNO3S2/c1-12-4-3-5-14(10-12)24(20,21)19-8-9-23-17(19)13-6-7-16(22-2)15(18)11-13/h3-7,10-11,17H,8-9H2,1-2H3/t17-/m0/s1. The molecule has 0 unspecified atom stereocenters. The fourth-order valence-corrected chi connectivity index (χ4v) is 6.60. The predicted octanol–water partition coefficient (Wildman–Crippen LogP) is 4.20. The van der Waals surface area contributed by atoms with Crippen molar-refractivity contribution in [2.45, 2.75) is 17.2 Å². The predicted molar refractivity (Wildman–Crippen MR) is 101 cm³/mol. The number of hydrogen-bond acceptors (Lipinski definition) is 4. The summed E-state index contributed by atoms with van der Waals surface area (Å²) in [5, 5.41) is -0.224. The van der Waals surface area contributed by atoms with E-state index >= 15 is 0 Å². The van der Waals surface area contributed by atoms with E-state index in [1.165, 1.54) is 0 Å². The topological polar surface area (TPSA) is 46.6 Å². The van der Waals surface area contributed by atoms with Crippen molar-refractivity contribution in [3.63, 3.8) is 0 Å². The monoisotopic (exact) mass is 427 g/mol. The number of nitrogens with zero attached hydrogens (tertiary/aromatic N) is 1. The van der Waals surface area contributed by atoms with E-state index < -0.39 is 10.0 Å². The molecule has 7 heteroatoms. The molecule has 0 aromatic heterocycles. The zero-order chi connectivity index (χ0) is 17.3. The lowest BCUT2D eigenvalue weighted by molar-refractivity contribution is 0.410. The van der Waals surface area contributed by atoms with Crippen LogP contribution in [0.15, 0.2) is 51.8 Å². The maximum Gasteiger partial charge on any atom is 0.244 e. The van der Waals surface area contributed by atoms with E-state index in [0.717, 1.165) is 27.1 Å². The van der Waals surface area contributed by atoms with Gasteiger partial charge in [0, 0.05) is 12.3 Å². The van der Waals surface area contributed by atoms with Crippen LogP contribution in [-0.4, -0.2) is 32.1 Å². The van der Waals surface area contributed by atoms with E-state index in [4.69, 9.17) is 4.74 Å². The quantitative estimate of drug-likeness (QED) is 0.733. The number of sulfonamides is 1. The minimum atomic E-state index is -3.52. The van der Waals surface area contributed by atoms with Crippen LogP contribution in [0.3, 0.4) is 0 Å². The SMILES string of the molecule is COc1ccc([C@@H]2SCCN2S(=O)(=O)c2cccc(C)c2)cc1Br. The number of thioether (sulfide) groups is 1. The maximum atomic E-state index is 13.1. The molecule has 0 aliphatic carbocycles. The minimum Gasteiger partial charge on any atom is -0.496 e. The zero-order valence-electron chi connectivity index (χ0n) is 13.4. The Morgan fingerprint density at radius 1 is 1.25 bits per heavy atom. The smallest absolute Gasteiger partial charge is 0.244 e. The summed E-state index contributed by atoms with van der Waals surface area (Å²) in [7, 11) is -1.91. The second-order valence-electron chi connectivity index (χ2n) is 5.55. The Balaban J connectivity index is 1.97. The van der Waals surface area contributed by atoms with E-state index in [1.807, 2.05) is 31.2 Å². The summed E-state index contributed by atoms with van der Waals surface area (Å²) in [4.78, 5) is 0.350. The summed E-state index contributed by atoms with van der Waals surface area (Å²) in [6, 6.07) is 12.8. The van der Waals surface area contributed by atoms with E-state index in [-0.39, 0.29) is 5.37 Å². The van der Waals surface area contributed by atoms with Gasteiger partial charge in [0.1, 0.15) is 5.75 Å². The van der Waals surface area contributed by atoms with Crippen molar-refractivity contribution in [3.05, 3.63) is 58.1 Å². The van der Waals surface area contributed by atoms with Gasteiger partial charge in [-0.3, -0.25) is 0 Å². The van der Waals surface area contributed by atoms with Gasteiger partial charge in [-0.25, -0.2) is 8.42 Å². The van der Waals surface area contributed by atoms with Crippen molar-refractivity contribution in [2.75, 3.05) is 19.4 Å². The van der Waals surface area contributed by atoms with Gasteiger partial charge in [0.2, 0.25) is 10.0 Å². The third-order valence-corrected chi connectivity index (χ3v) is 7.78. The highest BCUT2D eigenvalue weighted by atomic mass is 79.9. The van der Waals surface area contributed by atoms with E-state index in [9.17, 15) is 8.42 Å². The van der Waals surface area contributed by atoms with Gasteiger partial charge in [0.05, 0.1) is 21.9 Å². The van der Waals surface area contributed by atoms with Crippen LogP contribution in [0.2, 0.25) is 0 Å². The molecule has 1 aliphatic rings. The molecule has 0 bridgehead atoms. The normalized spacial score (nSPS) is 18.7. The molecule has 0 saturated carbocycles. The van der Waals surface area contributed by atoms with Crippen LogP contribution in [0.25, 0.3) is 0 Å². The van der Waals surface area contributed by atoms with Crippen LogP contribution in [0.4, 0.5) is 0 Å². The number of aryl methyl sites for hydroxylation is 1. The zero-order valence-corrected chi connectivity index (χ0v) is 16.6. The molecule has 2 aromatic rings. The third-order valence-electron chi connectivity index (χ3n) is 3.91. The van der Waals surface area contributed by atoms with Gasteiger partial charge in [-0.15, -0.1) is 11.8 Å². The summed E-state index contributed by atoms with van der Waals surface area (Å²) in [6.07, 6.45) is 0. The number of ether oxygens (including phenoxy) is 1. The van der Waals surface area contributed by atoms with Crippen molar-refractivity contribution in [3.8, 4) is 5.75 Å². The van der Waals surface area contributed by atoms with Gasteiger partial charge in [-0.05, 0) is 58.2 Å². The van der Waals surface area contributed by atoms with Gasteiger partial charge in [0.15, 0.2) is 0 Å². The molecule has 1 saturated heterocycles. The van der Waals surface area contributed by atoms with Crippen LogP contribution in [0.1, 0.15) is 16.5 Å². The van der Waals surface area contributed by atoms with Crippen LogP contribution >= 0.6 is 27.7 Å². The van der Waals surface area contributed by atoms with Gasteiger partial charge in [-0.2, -0.15) is 4.31 Å². The Labute approximate surface area is 155 Å². The first kappa shape index (κ1) is 17.8. The minimum absolute atomic E-state index is 0.224. The molecular weight excluding hydrogens is 410 g/mol. The van der Waals surface area contributed by atoms with Crippen molar-refractivity contribution in [1.29, 1.82) is 0 Å². The van der Waals surface area contributed by atoms with Gasteiger partial charge in [-0.1, -0.05) is 18.2 Å². The molecule has 0 N–H and O–H groups in total. The largest absolute Gasteiger partial charge is 0.496 e. The van der Waals surface area contributed by atoms with E-state index in [2.05, 4.69) is 15.9 Å². The molecule has 1 atom stereocenters. The van der Waals surface area contributed by atoms with Crippen molar-refractivity contribution in [2.24, 2.45) is 0 Å². The molecule has 24 heavy (non-hydrogen) atoms. The number of halogens is 1. The molecule has 3 rings (SSSR count). The van der Waals surface area contributed by atoms with Crippen molar-refractivity contribution < 1.29 is 13.2 Å². The molecule has 0 amide bonds. The fraction of sp³-hybridized carbons (Fsp3) is 0.294. The van der Waals surface area contributed by atoms with Crippen LogP contribution < -0.4 is 4.74 Å². The highest BCUT2D eigenvalue weighted by Crippen LogP contribution is 2.43. The molecular formula is C17H18BrNO3S2. The summed E-state index contributed by atoms with van der Waals surface area (Å²) >= 11 is 5.11. The second-order valence-corrected chi connectivity index (χ2v) is 9.48. The van der Waals surface area contributed by atoms with Gasteiger partial charge in [0.25, 0.3) is 0 Å². The Hall–Kier alpha value is -1.02. The maximum absolute atomic E-state index is 13.1. The first-order chi connectivity index (χ1) is 11.4. The first-order valence-electron chi connectivity index (χ1n) is 7.47. The number of hydrogen-bond donors (Lipinski definition) is 0. The summed E-state index contributed by atoms with van der Waals surface area (Å²) in [6.45, 7) is 2.41. The third kappa shape index (κ3) is 3.35. The van der Waals surface area contributed by atoms with Gasteiger partial charge >= 0.3 is 0 Å². The lowest BCUT2D eigenvalue weighted by Crippen LogP contribution is -2.30. The highest BCUT2D eigenvalue weighted by molar-refractivity contribution is 9.10.